The Morgan fingerprint density at radius 2 is 1.06 bits per heavy atom. The third-order valence-corrected chi connectivity index (χ3v) is 10.7. The smallest absolute Gasteiger partial charge is 0.251 e. The van der Waals surface area contributed by atoms with Crippen molar-refractivity contribution >= 4 is 52.5 Å². The molecule has 5 rings (SSSR count). The minimum Gasteiger partial charge on any atom is -1.00 e. The molecule has 5 heteroatoms. The van der Waals surface area contributed by atoms with E-state index in [0.29, 0.717) is 5.89 Å². The minimum atomic E-state index is -2.29. The van der Waals surface area contributed by atoms with Crippen molar-refractivity contribution in [3.05, 3.63) is 133 Å². The van der Waals surface area contributed by atoms with Gasteiger partial charge in [0.2, 0.25) is 11.0 Å². The number of oxazole rings is 1. The van der Waals surface area contributed by atoms with Crippen molar-refractivity contribution in [1.82, 2.24) is 4.98 Å². The second kappa shape index (κ2) is 11.9. The molecule has 2 nitrogen and oxygen atoms in total. The van der Waals surface area contributed by atoms with Gasteiger partial charge in [0.15, 0.2) is 7.26 Å². The molecule has 0 atom stereocenters. The number of nitrogens with zero attached hydrogens (tertiary/aromatic N) is 1. The molecule has 0 aliphatic rings. The fourth-order valence-corrected chi connectivity index (χ4v) is 9.37. The van der Waals surface area contributed by atoms with Gasteiger partial charge < -0.3 is 28.4 Å². The van der Waals surface area contributed by atoms with Gasteiger partial charge >= 0.3 is 0 Å². The molecule has 0 aliphatic heterocycles. The highest BCUT2D eigenvalue weighted by molar-refractivity contribution is 8.04. The number of benzene rings is 4. The monoisotopic (exact) mass is 605 g/mol. The summed E-state index contributed by atoms with van der Waals surface area (Å²) in [5, 5.41) is 4.64. The summed E-state index contributed by atoms with van der Waals surface area (Å²) in [6, 6.07) is 42.5. The van der Waals surface area contributed by atoms with Crippen LogP contribution in [0.1, 0.15) is 11.5 Å². The lowest BCUT2D eigenvalue weighted by Gasteiger charge is -2.25. The van der Waals surface area contributed by atoms with E-state index in [-0.39, 0.29) is 24.0 Å². The highest BCUT2D eigenvalue weighted by Gasteiger charge is 2.52. The van der Waals surface area contributed by atoms with Crippen molar-refractivity contribution < 1.29 is 28.4 Å². The van der Waals surface area contributed by atoms with Gasteiger partial charge in [-0.05, 0) is 54.3 Å². The Bertz CT molecular complexity index is 1280. The Hall–Kier alpha value is -2.66. The maximum Gasteiger partial charge on any atom is 0.251 e. The third-order valence-electron chi connectivity index (χ3n) is 5.75. The highest BCUT2D eigenvalue weighted by atomic mass is 127. The summed E-state index contributed by atoms with van der Waals surface area (Å²) in [5.74, 6) is 0.621. The molecule has 174 valence electrons. The fraction of sp³-hybridized carbons (Fsp3) is 0.0333. The summed E-state index contributed by atoms with van der Waals surface area (Å²) < 4.78 is 6.35. The molecule has 0 unspecified atom stereocenters. The first-order valence-electron chi connectivity index (χ1n) is 11.2. The minimum absolute atomic E-state index is 0. The Labute approximate surface area is 228 Å². The summed E-state index contributed by atoms with van der Waals surface area (Å²) in [6.07, 6.45) is 6.08. The van der Waals surface area contributed by atoms with Gasteiger partial charge in [0.05, 0.1) is 0 Å². The van der Waals surface area contributed by atoms with Crippen molar-refractivity contribution in [1.29, 1.82) is 0 Å². The Balaban J connectivity index is 0.00000289. The lowest BCUT2D eigenvalue weighted by atomic mass is 10.2. The number of rotatable bonds is 7. The van der Waals surface area contributed by atoms with Crippen molar-refractivity contribution in [2.24, 2.45) is 0 Å². The summed E-state index contributed by atoms with van der Waals surface area (Å²) >= 11 is 1.61. The zero-order valence-corrected chi connectivity index (χ0v) is 23.2. The van der Waals surface area contributed by atoms with Crippen molar-refractivity contribution in [2.45, 2.75) is 5.09 Å². The van der Waals surface area contributed by atoms with Crippen LogP contribution >= 0.6 is 19.0 Å². The lowest BCUT2D eigenvalue weighted by Crippen LogP contribution is -3.00. The molecule has 0 spiro atoms. The van der Waals surface area contributed by atoms with E-state index in [1.165, 1.54) is 15.9 Å². The summed E-state index contributed by atoms with van der Waals surface area (Å²) in [6.45, 7) is 0. The van der Waals surface area contributed by atoms with E-state index in [9.17, 15) is 0 Å². The van der Waals surface area contributed by atoms with Crippen LogP contribution in [0.25, 0.3) is 12.2 Å². The van der Waals surface area contributed by atoms with Gasteiger partial charge in [-0.2, -0.15) is 4.98 Å². The van der Waals surface area contributed by atoms with E-state index in [1.807, 2.05) is 30.4 Å². The van der Waals surface area contributed by atoms with E-state index in [1.54, 1.807) is 11.8 Å². The summed E-state index contributed by atoms with van der Waals surface area (Å²) in [7, 11) is -2.29. The molecular formula is C30H25INOPS. The Kier molecular flexibility index (Phi) is 8.61. The van der Waals surface area contributed by atoms with Gasteiger partial charge in [0.1, 0.15) is 15.9 Å². The molecule has 0 bridgehead atoms. The standard InChI is InChI=1S/C30H25NOPS.HI/c1-34-30-29(31-28(32-30)23-22-24-14-6-2-7-15-24)33(25-16-8-3-9-17-25,26-18-10-4-11-19-26)27-20-12-5-13-21-27;/h2-23H,1H3;1H/q+1;/p-1. The average Bonchev–Trinajstić information content (AvgIpc) is 3.34. The van der Waals surface area contributed by atoms with Gasteiger partial charge in [0.25, 0.3) is 5.44 Å². The van der Waals surface area contributed by atoms with Gasteiger partial charge in [-0.25, -0.2) is 0 Å². The topological polar surface area (TPSA) is 26.0 Å². The van der Waals surface area contributed by atoms with Crippen LogP contribution in [0.4, 0.5) is 0 Å². The molecule has 0 aliphatic carbocycles. The van der Waals surface area contributed by atoms with Crippen LogP contribution in [0, 0.1) is 0 Å². The lowest BCUT2D eigenvalue weighted by molar-refractivity contribution is -0.00000700. The van der Waals surface area contributed by atoms with Crippen LogP contribution in [0.2, 0.25) is 0 Å². The second-order valence-corrected chi connectivity index (χ2v) is 11.9. The van der Waals surface area contributed by atoms with Gasteiger partial charge in [-0.3, -0.25) is 0 Å². The van der Waals surface area contributed by atoms with Crippen LogP contribution in [-0.2, 0) is 0 Å². The van der Waals surface area contributed by atoms with Crippen LogP contribution < -0.4 is 45.3 Å². The predicted molar refractivity (Wildman–Crippen MR) is 148 cm³/mol. The zero-order valence-electron chi connectivity index (χ0n) is 19.3. The van der Waals surface area contributed by atoms with E-state index in [2.05, 4.69) is 109 Å². The number of hydrogen-bond acceptors (Lipinski definition) is 3. The molecule has 5 aromatic rings. The number of thioether (sulfide) groups is 1. The normalized spacial score (nSPS) is 11.3. The molecule has 0 saturated heterocycles. The molecular weight excluding hydrogens is 580 g/mol. The summed E-state index contributed by atoms with van der Waals surface area (Å²) in [4.78, 5) is 5.17. The SMILES string of the molecule is CSc1oc(C=Cc2ccccc2)nc1[P+](c1ccccc1)(c1ccccc1)c1ccccc1.[I-]. The quantitative estimate of drug-likeness (QED) is 0.162. The number of hydrogen-bond donors (Lipinski definition) is 0. The van der Waals surface area contributed by atoms with Crippen LogP contribution in [0.5, 0.6) is 0 Å². The first kappa shape index (κ1) is 25.4. The van der Waals surface area contributed by atoms with Crippen molar-refractivity contribution in [3.63, 3.8) is 0 Å². The summed E-state index contributed by atoms with van der Waals surface area (Å²) in [5.41, 5.74) is 2.12. The molecule has 0 fully saturated rings. The number of halogens is 1. The highest BCUT2D eigenvalue weighted by Crippen LogP contribution is 2.55. The fourth-order valence-electron chi connectivity index (χ4n) is 4.23. The van der Waals surface area contributed by atoms with Crippen LogP contribution in [-0.4, -0.2) is 11.2 Å². The van der Waals surface area contributed by atoms with Crippen LogP contribution in [0.15, 0.2) is 131 Å². The maximum absolute atomic E-state index is 6.35. The first-order chi connectivity index (χ1) is 16.8. The van der Waals surface area contributed by atoms with Crippen molar-refractivity contribution in [3.8, 4) is 0 Å². The molecule has 1 aromatic heterocycles. The van der Waals surface area contributed by atoms with E-state index in [0.717, 1.165) is 16.1 Å². The van der Waals surface area contributed by atoms with E-state index >= 15 is 0 Å². The number of aromatic nitrogens is 1. The third kappa shape index (κ3) is 5.16. The van der Waals surface area contributed by atoms with E-state index in [4.69, 9.17) is 9.40 Å². The largest absolute Gasteiger partial charge is 1.00 e. The van der Waals surface area contributed by atoms with Crippen LogP contribution in [0.3, 0.4) is 0 Å². The van der Waals surface area contributed by atoms with Gasteiger partial charge in [0, 0.05) is 6.08 Å². The second-order valence-electron chi connectivity index (χ2n) is 7.79. The van der Waals surface area contributed by atoms with Crippen molar-refractivity contribution in [2.75, 3.05) is 6.26 Å². The molecule has 0 amide bonds. The van der Waals surface area contributed by atoms with E-state index < -0.39 is 7.26 Å². The zero-order chi connectivity index (χ0) is 23.2. The molecule has 35 heavy (non-hydrogen) atoms. The average molecular weight is 605 g/mol. The maximum atomic E-state index is 6.35. The Morgan fingerprint density at radius 1 is 0.629 bits per heavy atom. The molecule has 1 heterocycles. The molecule has 0 saturated carbocycles. The van der Waals surface area contributed by atoms with Gasteiger partial charge in [-0.15, -0.1) is 0 Å². The molecule has 4 aromatic carbocycles. The predicted octanol–water partition coefficient (Wildman–Crippen LogP) is 3.19. The van der Waals surface area contributed by atoms with Gasteiger partial charge in [-0.1, -0.05) is 96.7 Å². The molecule has 0 radical (unpaired) electrons. The first-order valence-corrected chi connectivity index (χ1v) is 14.2. The molecule has 0 N–H and O–H groups in total. The Morgan fingerprint density at radius 3 is 1.49 bits per heavy atom.